The molecule has 1 aromatic heterocycles. The van der Waals surface area contributed by atoms with Crippen LogP contribution in [0.3, 0.4) is 0 Å². The topological polar surface area (TPSA) is 97.6 Å². The van der Waals surface area contributed by atoms with Crippen LogP contribution in [-0.4, -0.2) is 44.0 Å². The Morgan fingerprint density at radius 1 is 1.18 bits per heavy atom. The van der Waals surface area contributed by atoms with Gasteiger partial charge >= 0.3 is 0 Å². The van der Waals surface area contributed by atoms with E-state index in [4.69, 9.17) is 14.9 Å². The molecule has 0 amide bonds. The Bertz CT molecular complexity index is 1220. The molecule has 1 fully saturated rings. The molecule has 182 valence electrons. The van der Waals surface area contributed by atoms with Gasteiger partial charge in [-0.25, -0.2) is 18.5 Å². The molecule has 1 saturated heterocycles. The van der Waals surface area contributed by atoms with Crippen LogP contribution in [0.5, 0.6) is 5.75 Å². The zero-order valence-corrected chi connectivity index (χ0v) is 21.5. The quantitative estimate of drug-likeness (QED) is 0.442. The molecule has 1 aliphatic rings. The molecule has 1 aliphatic heterocycles. The lowest BCUT2D eigenvalue weighted by atomic mass is 9.89. The van der Waals surface area contributed by atoms with Gasteiger partial charge in [0.25, 0.3) is 0 Å². The second kappa shape index (κ2) is 10.4. The molecule has 7 nitrogen and oxygen atoms in total. The average Bonchev–Trinajstić information content (AvgIpc) is 3.28. The van der Waals surface area contributed by atoms with Crippen molar-refractivity contribution in [3.8, 4) is 17.0 Å². The predicted molar refractivity (Wildman–Crippen MR) is 139 cm³/mol. The predicted octanol–water partition coefficient (Wildman–Crippen LogP) is 5.19. The van der Waals surface area contributed by atoms with Gasteiger partial charge in [-0.2, -0.15) is 0 Å². The number of nitrogens with two attached hydrogens (primary N) is 1. The van der Waals surface area contributed by atoms with Gasteiger partial charge in [-0.05, 0) is 76.0 Å². The summed E-state index contributed by atoms with van der Waals surface area (Å²) < 4.78 is 29.5. The van der Waals surface area contributed by atoms with Crippen LogP contribution in [0.1, 0.15) is 45.1 Å². The van der Waals surface area contributed by atoms with Crippen LogP contribution in [0.25, 0.3) is 11.3 Å². The minimum Gasteiger partial charge on any atom is -0.489 e. The van der Waals surface area contributed by atoms with Crippen LogP contribution in [-0.2, 0) is 10.0 Å². The van der Waals surface area contributed by atoms with Crippen molar-refractivity contribution >= 4 is 32.2 Å². The highest BCUT2D eigenvalue weighted by Gasteiger charge is 2.20. The third-order valence-corrected chi connectivity index (χ3v) is 7.77. The molecule has 9 heteroatoms. The fourth-order valence-electron chi connectivity index (χ4n) is 4.23. The minimum atomic E-state index is -3.83. The van der Waals surface area contributed by atoms with Gasteiger partial charge in [-0.3, -0.25) is 0 Å². The monoisotopic (exact) mass is 500 g/mol. The molecule has 0 aliphatic carbocycles. The van der Waals surface area contributed by atoms with Crippen molar-refractivity contribution in [1.29, 1.82) is 0 Å². The zero-order chi connectivity index (χ0) is 24.3. The van der Waals surface area contributed by atoms with Crippen LogP contribution < -0.4 is 15.2 Å². The zero-order valence-electron chi connectivity index (χ0n) is 19.8. The first-order valence-corrected chi connectivity index (χ1v) is 14.0. The standard InChI is InChI=1S/C25H32N4O3S2/c1-4-29-13-11-19(12-14-29)18-5-7-20(8-6-18)23-16-33-25(28-23)27-22-15-21(34(26,30)31)9-10-24(22)32-17(2)3/h5-10,15-17,19H,4,11-14H2,1-3H3,(H,27,28)(H2,26,30,31). The molecule has 3 N–H and O–H groups in total. The van der Waals surface area contributed by atoms with Crippen LogP contribution >= 0.6 is 11.3 Å². The summed E-state index contributed by atoms with van der Waals surface area (Å²) in [5.41, 5.74) is 3.82. The maximum atomic E-state index is 11.8. The van der Waals surface area contributed by atoms with Crippen LogP contribution in [0.4, 0.5) is 10.8 Å². The fraction of sp³-hybridized carbons (Fsp3) is 0.400. The number of hydrogen-bond acceptors (Lipinski definition) is 7. The lowest BCUT2D eigenvalue weighted by molar-refractivity contribution is 0.222. The number of thiazole rings is 1. The highest BCUT2D eigenvalue weighted by atomic mass is 32.2. The van der Waals surface area contributed by atoms with Gasteiger partial charge in [-0.1, -0.05) is 31.2 Å². The third kappa shape index (κ3) is 5.96. The van der Waals surface area contributed by atoms with Crippen molar-refractivity contribution in [1.82, 2.24) is 9.88 Å². The largest absolute Gasteiger partial charge is 0.489 e. The van der Waals surface area contributed by atoms with E-state index < -0.39 is 10.0 Å². The Kier molecular flexibility index (Phi) is 7.57. The van der Waals surface area contributed by atoms with Gasteiger partial charge < -0.3 is 15.0 Å². The summed E-state index contributed by atoms with van der Waals surface area (Å²) in [7, 11) is -3.83. The molecule has 0 bridgehead atoms. The number of nitrogens with zero attached hydrogens (tertiary/aromatic N) is 2. The second-order valence-corrected chi connectivity index (χ2v) is 11.3. The lowest BCUT2D eigenvalue weighted by Crippen LogP contribution is -2.32. The van der Waals surface area contributed by atoms with E-state index in [0.29, 0.717) is 22.5 Å². The summed E-state index contributed by atoms with van der Waals surface area (Å²) in [6, 6.07) is 13.2. The second-order valence-electron chi connectivity index (χ2n) is 8.86. The summed E-state index contributed by atoms with van der Waals surface area (Å²) >= 11 is 1.45. The molecule has 2 aromatic carbocycles. The molecule has 34 heavy (non-hydrogen) atoms. The first kappa shape index (κ1) is 24.7. The summed E-state index contributed by atoms with van der Waals surface area (Å²) in [6.45, 7) is 9.51. The van der Waals surface area contributed by atoms with E-state index in [-0.39, 0.29) is 11.0 Å². The van der Waals surface area contributed by atoms with Crippen molar-refractivity contribution in [2.45, 2.75) is 50.5 Å². The number of aromatic nitrogens is 1. The Labute approximate surface area is 206 Å². The number of likely N-dealkylation sites (tertiary alicyclic amines) is 1. The molecular weight excluding hydrogens is 468 g/mol. The molecule has 3 aromatic rings. The number of rotatable bonds is 8. The first-order chi connectivity index (χ1) is 16.2. The summed E-state index contributed by atoms with van der Waals surface area (Å²) in [4.78, 5) is 7.24. The number of benzene rings is 2. The van der Waals surface area contributed by atoms with Gasteiger partial charge in [0.05, 0.1) is 22.4 Å². The molecule has 0 radical (unpaired) electrons. The Balaban J connectivity index is 1.50. The fourth-order valence-corrected chi connectivity index (χ4v) is 5.50. The molecule has 0 unspecified atom stereocenters. The summed E-state index contributed by atoms with van der Waals surface area (Å²) in [6.07, 6.45) is 2.34. The van der Waals surface area contributed by atoms with Crippen LogP contribution in [0.2, 0.25) is 0 Å². The molecule has 0 spiro atoms. The normalized spacial score (nSPS) is 15.6. The van der Waals surface area contributed by atoms with Crippen molar-refractivity contribution < 1.29 is 13.2 Å². The van der Waals surface area contributed by atoms with Crippen LogP contribution in [0, 0.1) is 0 Å². The SMILES string of the molecule is CCN1CCC(c2ccc(-c3csc(Nc4cc(S(N)(=O)=O)ccc4OC(C)C)n3)cc2)CC1. The smallest absolute Gasteiger partial charge is 0.238 e. The van der Waals surface area contributed by atoms with E-state index in [9.17, 15) is 8.42 Å². The number of sulfonamides is 1. The molecule has 0 atom stereocenters. The number of ether oxygens (including phenoxy) is 1. The van der Waals surface area contributed by atoms with Gasteiger partial charge in [-0.15, -0.1) is 11.3 Å². The van der Waals surface area contributed by atoms with Gasteiger partial charge in [0.15, 0.2) is 5.13 Å². The molecular formula is C25H32N4O3S2. The van der Waals surface area contributed by atoms with Crippen molar-refractivity contribution in [3.63, 3.8) is 0 Å². The number of anilines is 2. The maximum absolute atomic E-state index is 11.8. The van der Waals surface area contributed by atoms with Crippen molar-refractivity contribution in [2.24, 2.45) is 5.14 Å². The van der Waals surface area contributed by atoms with Crippen molar-refractivity contribution in [3.05, 3.63) is 53.4 Å². The average molecular weight is 501 g/mol. The van der Waals surface area contributed by atoms with Crippen molar-refractivity contribution in [2.75, 3.05) is 25.0 Å². The Morgan fingerprint density at radius 3 is 2.50 bits per heavy atom. The summed E-state index contributed by atoms with van der Waals surface area (Å²) in [5, 5.41) is 11.2. The van der Waals surface area contributed by atoms with Gasteiger partial charge in [0, 0.05) is 10.9 Å². The number of piperidine rings is 1. The highest BCUT2D eigenvalue weighted by molar-refractivity contribution is 7.89. The first-order valence-electron chi connectivity index (χ1n) is 11.6. The molecule has 4 rings (SSSR count). The van der Waals surface area contributed by atoms with E-state index in [2.05, 4.69) is 41.4 Å². The number of hydrogen-bond donors (Lipinski definition) is 2. The van der Waals surface area contributed by atoms with E-state index >= 15 is 0 Å². The maximum Gasteiger partial charge on any atom is 0.238 e. The van der Waals surface area contributed by atoms with Gasteiger partial charge in [0.2, 0.25) is 10.0 Å². The highest BCUT2D eigenvalue weighted by Crippen LogP contribution is 2.34. The Morgan fingerprint density at radius 2 is 1.88 bits per heavy atom. The number of primary sulfonamides is 1. The van der Waals surface area contributed by atoms with E-state index in [0.717, 1.165) is 17.8 Å². The van der Waals surface area contributed by atoms with Crippen LogP contribution in [0.15, 0.2) is 52.7 Å². The lowest BCUT2D eigenvalue weighted by Gasteiger charge is -2.31. The molecule has 2 heterocycles. The Hall–Kier alpha value is -2.46. The number of nitrogens with one attached hydrogen (secondary N) is 1. The van der Waals surface area contributed by atoms with Gasteiger partial charge in [0.1, 0.15) is 5.75 Å². The van der Waals surface area contributed by atoms with E-state index in [1.807, 2.05) is 19.2 Å². The summed E-state index contributed by atoms with van der Waals surface area (Å²) in [5.74, 6) is 1.16. The van der Waals surface area contributed by atoms with E-state index in [1.54, 1.807) is 6.07 Å². The minimum absolute atomic E-state index is 0.0169. The van der Waals surface area contributed by atoms with E-state index in [1.165, 1.54) is 55.0 Å². The third-order valence-electron chi connectivity index (χ3n) is 6.10. The molecule has 0 saturated carbocycles.